The third kappa shape index (κ3) is 2.79. The van der Waals surface area contributed by atoms with E-state index in [1.54, 1.807) is 0 Å². The smallest absolute Gasteiger partial charge is 0.0385 e. The second-order valence-corrected chi connectivity index (χ2v) is 8.31. The Balaban J connectivity index is 1.42. The molecule has 0 saturated carbocycles. The molecule has 2 aliphatic rings. The van der Waals surface area contributed by atoms with Gasteiger partial charge >= 0.3 is 0 Å². The lowest BCUT2D eigenvalue weighted by Gasteiger charge is -2.22. The van der Waals surface area contributed by atoms with E-state index in [9.17, 15) is 0 Å². The van der Waals surface area contributed by atoms with Crippen LogP contribution in [0, 0.1) is 0 Å². The van der Waals surface area contributed by atoms with Crippen LogP contribution in [0.4, 0.5) is 5.69 Å². The molecule has 3 aromatic rings. The molecule has 0 aliphatic heterocycles. The minimum Gasteiger partial charge on any atom is -0.359 e. The van der Waals surface area contributed by atoms with Crippen LogP contribution in [-0.2, 0) is 5.41 Å². The summed E-state index contributed by atoms with van der Waals surface area (Å²) in [5.74, 6) is 0. The van der Waals surface area contributed by atoms with Crippen LogP contribution < -0.4 is 5.32 Å². The van der Waals surface area contributed by atoms with E-state index in [1.807, 2.05) is 0 Å². The Bertz CT molecular complexity index is 1100. The van der Waals surface area contributed by atoms with Crippen molar-refractivity contribution < 1.29 is 0 Å². The molecule has 0 atom stereocenters. The second kappa shape index (κ2) is 6.53. The summed E-state index contributed by atoms with van der Waals surface area (Å²) in [5.41, 5.74) is 10.8. The quantitative estimate of drug-likeness (QED) is 0.520. The lowest BCUT2D eigenvalue weighted by atomic mass is 9.82. The van der Waals surface area contributed by atoms with Crippen LogP contribution in [0.15, 0.2) is 90.6 Å². The summed E-state index contributed by atoms with van der Waals surface area (Å²) in [6, 6.07) is 26.3. The van der Waals surface area contributed by atoms with Crippen molar-refractivity contribution in [3.05, 3.63) is 107 Å². The number of allylic oxidation sites excluding steroid dienone is 4. The Morgan fingerprint density at radius 2 is 1.46 bits per heavy atom. The largest absolute Gasteiger partial charge is 0.359 e. The van der Waals surface area contributed by atoms with Crippen LogP contribution in [-0.4, -0.2) is 0 Å². The molecule has 1 nitrogen and oxygen atoms in total. The first-order valence-corrected chi connectivity index (χ1v) is 10.1. The average Bonchev–Trinajstić information content (AvgIpc) is 2.97. The fourth-order valence-electron chi connectivity index (χ4n) is 4.60. The van der Waals surface area contributed by atoms with Crippen LogP contribution in [0.2, 0.25) is 0 Å². The van der Waals surface area contributed by atoms with Crippen molar-refractivity contribution in [2.75, 3.05) is 5.32 Å². The van der Waals surface area contributed by atoms with E-state index in [0.717, 1.165) is 12.8 Å². The maximum absolute atomic E-state index is 3.66. The van der Waals surface area contributed by atoms with Gasteiger partial charge in [-0.1, -0.05) is 80.6 Å². The third-order valence-corrected chi connectivity index (χ3v) is 6.18. The zero-order chi connectivity index (χ0) is 19.1. The number of fused-ring (bicyclic) bond motifs is 3. The molecule has 0 aromatic heterocycles. The molecule has 5 rings (SSSR count). The van der Waals surface area contributed by atoms with E-state index in [-0.39, 0.29) is 5.41 Å². The Hall–Kier alpha value is -3.06. The molecule has 0 radical (unpaired) electrons. The van der Waals surface area contributed by atoms with E-state index < -0.39 is 0 Å². The predicted molar refractivity (Wildman–Crippen MR) is 119 cm³/mol. The van der Waals surface area contributed by atoms with Crippen LogP contribution in [0.5, 0.6) is 0 Å². The van der Waals surface area contributed by atoms with E-state index in [2.05, 4.69) is 104 Å². The normalized spacial score (nSPS) is 16.6. The molecule has 0 heterocycles. The number of nitrogens with one attached hydrogen (secondary N) is 1. The van der Waals surface area contributed by atoms with Gasteiger partial charge in [-0.25, -0.2) is 0 Å². The zero-order valence-electron chi connectivity index (χ0n) is 16.5. The standard InChI is InChI=1S/C27H25N/c1-27(2)25-11-7-6-10-23(25)24-17-16-22(18-26(24)27)28-21-14-12-20(13-15-21)19-8-4-3-5-9-19/h3-12,14,16-18,28H,13,15H2,1-2H3. The van der Waals surface area contributed by atoms with E-state index >= 15 is 0 Å². The van der Waals surface area contributed by atoms with Crippen LogP contribution >= 0.6 is 0 Å². The van der Waals surface area contributed by atoms with Gasteiger partial charge in [0.15, 0.2) is 0 Å². The lowest BCUT2D eigenvalue weighted by Crippen LogP contribution is -2.15. The number of anilines is 1. The summed E-state index contributed by atoms with van der Waals surface area (Å²) in [5, 5.41) is 3.66. The maximum atomic E-state index is 3.66. The molecule has 1 heteroatoms. The van der Waals surface area contributed by atoms with Crippen molar-refractivity contribution in [3.63, 3.8) is 0 Å². The highest BCUT2D eigenvalue weighted by Gasteiger charge is 2.35. The SMILES string of the molecule is CC1(C)c2ccccc2-c2ccc(NC3=CC=C(c4ccccc4)CC3)cc21. The van der Waals surface area contributed by atoms with E-state index in [0.29, 0.717) is 0 Å². The average molecular weight is 364 g/mol. The highest BCUT2D eigenvalue weighted by Crippen LogP contribution is 2.49. The van der Waals surface area contributed by atoms with Gasteiger partial charge in [0.1, 0.15) is 0 Å². The summed E-state index contributed by atoms with van der Waals surface area (Å²) in [7, 11) is 0. The zero-order valence-corrected chi connectivity index (χ0v) is 16.5. The van der Waals surface area contributed by atoms with Crippen LogP contribution in [0.1, 0.15) is 43.4 Å². The summed E-state index contributed by atoms with van der Waals surface area (Å²) in [6.45, 7) is 4.66. The molecule has 0 saturated heterocycles. The molecule has 138 valence electrons. The monoisotopic (exact) mass is 363 g/mol. The molecule has 0 unspecified atom stereocenters. The number of benzene rings is 3. The van der Waals surface area contributed by atoms with Crippen molar-refractivity contribution in [2.24, 2.45) is 0 Å². The summed E-state index contributed by atoms with van der Waals surface area (Å²) in [6.07, 6.45) is 6.61. The molecular weight excluding hydrogens is 338 g/mol. The summed E-state index contributed by atoms with van der Waals surface area (Å²) in [4.78, 5) is 0. The summed E-state index contributed by atoms with van der Waals surface area (Å²) >= 11 is 0. The van der Waals surface area contributed by atoms with Gasteiger partial charge in [0.05, 0.1) is 0 Å². The Kier molecular flexibility index (Phi) is 3.98. The molecule has 0 bridgehead atoms. The molecule has 0 spiro atoms. The fourth-order valence-corrected chi connectivity index (χ4v) is 4.60. The first kappa shape index (κ1) is 17.1. The van der Waals surface area contributed by atoms with Crippen molar-refractivity contribution in [1.29, 1.82) is 0 Å². The van der Waals surface area contributed by atoms with Gasteiger partial charge in [0.2, 0.25) is 0 Å². The topological polar surface area (TPSA) is 12.0 Å². The molecule has 2 aliphatic carbocycles. The Morgan fingerprint density at radius 1 is 0.714 bits per heavy atom. The number of rotatable bonds is 3. The fraction of sp³-hybridized carbons (Fsp3) is 0.185. The molecule has 28 heavy (non-hydrogen) atoms. The minimum atomic E-state index is 0.0466. The predicted octanol–water partition coefficient (Wildman–Crippen LogP) is 7.17. The highest BCUT2D eigenvalue weighted by atomic mass is 14.9. The van der Waals surface area contributed by atoms with Crippen molar-refractivity contribution in [3.8, 4) is 11.1 Å². The van der Waals surface area contributed by atoms with Crippen molar-refractivity contribution >= 4 is 11.3 Å². The number of hydrogen-bond acceptors (Lipinski definition) is 1. The maximum Gasteiger partial charge on any atom is 0.0385 e. The second-order valence-electron chi connectivity index (χ2n) is 8.31. The van der Waals surface area contributed by atoms with Gasteiger partial charge < -0.3 is 5.32 Å². The van der Waals surface area contributed by atoms with Gasteiger partial charge in [-0.05, 0) is 64.4 Å². The van der Waals surface area contributed by atoms with Crippen LogP contribution in [0.25, 0.3) is 16.7 Å². The minimum absolute atomic E-state index is 0.0466. The molecular formula is C27H25N. The van der Waals surface area contributed by atoms with Gasteiger partial charge in [-0.15, -0.1) is 0 Å². The van der Waals surface area contributed by atoms with Crippen LogP contribution in [0.3, 0.4) is 0 Å². The van der Waals surface area contributed by atoms with Gasteiger partial charge in [-0.2, -0.15) is 0 Å². The molecule has 1 N–H and O–H groups in total. The van der Waals surface area contributed by atoms with Crippen molar-refractivity contribution in [1.82, 2.24) is 0 Å². The Morgan fingerprint density at radius 3 is 2.25 bits per heavy atom. The van der Waals surface area contributed by atoms with Gasteiger partial charge in [-0.3, -0.25) is 0 Å². The van der Waals surface area contributed by atoms with Crippen molar-refractivity contribution in [2.45, 2.75) is 32.1 Å². The molecule has 0 amide bonds. The molecule has 0 fully saturated rings. The summed E-state index contributed by atoms with van der Waals surface area (Å²) < 4.78 is 0. The molecule has 3 aromatic carbocycles. The van der Waals surface area contributed by atoms with E-state index in [1.165, 1.54) is 44.8 Å². The highest BCUT2D eigenvalue weighted by molar-refractivity contribution is 5.82. The van der Waals surface area contributed by atoms with Gasteiger partial charge in [0, 0.05) is 16.8 Å². The Labute approximate surface area is 167 Å². The van der Waals surface area contributed by atoms with Gasteiger partial charge in [0.25, 0.3) is 0 Å². The lowest BCUT2D eigenvalue weighted by molar-refractivity contribution is 0.660. The van der Waals surface area contributed by atoms with E-state index in [4.69, 9.17) is 0 Å². The number of hydrogen-bond donors (Lipinski definition) is 1. The third-order valence-electron chi connectivity index (χ3n) is 6.18. The first-order valence-electron chi connectivity index (χ1n) is 10.1. The first-order chi connectivity index (χ1) is 13.6.